The molecule has 1 spiro atoms. The van der Waals surface area contributed by atoms with Crippen LogP contribution in [-0.4, -0.2) is 48.7 Å². The number of benzene rings is 1. The van der Waals surface area contributed by atoms with Crippen molar-refractivity contribution < 1.29 is 13.2 Å². The summed E-state index contributed by atoms with van der Waals surface area (Å²) in [5, 5.41) is 0. The number of nitrogens with zero attached hydrogens (tertiary/aromatic N) is 2. The number of amides is 1. The molecule has 1 unspecified atom stereocenters. The predicted molar refractivity (Wildman–Crippen MR) is 98.6 cm³/mol. The Kier molecular flexibility index (Phi) is 5.21. The smallest absolute Gasteiger partial charge is 0.244 e. The maximum Gasteiger partial charge on any atom is 0.244 e. The number of piperidine rings is 1. The first kappa shape index (κ1) is 18.4. The molecule has 6 heteroatoms. The second kappa shape index (κ2) is 7.08. The minimum absolute atomic E-state index is 0.0199. The minimum Gasteiger partial charge on any atom is -0.341 e. The Morgan fingerprint density at radius 3 is 2.48 bits per heavy atom. The molecule has 0 aromatic heterocycles. The van der Waals surface area contributed by atoms with Crippen molar-refractivity contribution in [2.24, 2.45) is 0 Å². The number of hydrogen-bond acceptors (Lipinski definition) is 3. The molecule has 2 aliphatic heterocycles. The molecule has 2 fully saturated rings. The number of aryl methyl sites for hydroxylation is 1. The van der Waals surface area contributed by atoms with Crippen LogP contribution < -0.4 is 0 Å². The van der Waals surface area contributed by atoms with Gasteiger partial charge in [0.1, 0.15) is 5.54 Å². The number of carbonyl (C=O) groups excluding carboxylic acids is 1. The molecule has 25 heavy (non-hydrogen) atoms. The van der Waals surface area contributed by atoms with E-state index in [1.165, 1.54) is 4.31 Å². The van der Waals surface area contributed by atoms with Gasteiger partial charge < -0.3 is 4.90 Å². The molecule has 0 bridgehead atoms. The zero-order valence-corrected chi connectivity index (χ0v) is 16.0. The van der Waals surface area contributed by atoms with E-state index < -0.39 is 15.6 Å². The van der Waals surface area contributed by atoms with Gasteiger partial charge in [-0.15, -0.1) is 0 Å². The van der Waals surface area contributed by atoms with Crippen molar-refractivity contribution in [1.82, 2.24) is 9.21 Å². The second-order valence-corrected chi connectivity index (χ2v) is 9.18. The van der Waals surface area contributed by atoms with Crippen molar-refractivity contribution in [3.63, 3.8) is 0 Å². The van der Waals surface area contributed by atoms with Crippen LogP contribution in [0, 0.1) is 6.92 Å². The number of sulfonamides is 1. The molecule has 1 amide bonds. The first-order chi connectivity index (χ1) is 11.9. The summed E-state index contributed by atoms with van der Waals surface area (Å²) in [6.45, 7) is 5.90. The van der Waals surface area contributed by atoms with Crippen LogP contribution in [0.1, 0.15) is 50.2 Å². The highest BCUT2D eigenvalue weighted by Gasteiger charge is 2.54. The molecule has 138 valence electrons. The average molecular weight is 365 g/mol. The molecule has 1 aromatic carbocycles. The van der Waals surface area contributed by atoms with E-state index in [0.717, 1.165) is 36.9 Å². The van der Waals surface area contributed by atoms with Crippen LogP contribution in [-0.2, 0) is 20.6 Å². The SMILES string of the molecule is CCCN1CCCC2(CCCN2S(=O)(=O)Cc2ccccc2C)C1=O. The summed E-state index contributed by atoms with van der Waals surface area (Å²) >= 11 is 0. The number of carbonyl (C=O) groups is 1. The minimum atomic E-state index is -3.53. The van der Waals surface area contributed by atoms with Crippen molar-refractivity contribution in [2.45, 2.75) is 57.2 Å². The van der Waals surface area contributed by atoms with Crippen LogP contribution in [0.3, 0.4) is 0 Å². The van der Waals surface area contributed by atoms with Crippen molar-refractivity contribution in [3.8, 4) is 0 Å². The van der Waals surface area contributed by atoms with E-state index in [1.54, 1.807) is 0 Å². The maximum atomic E-state index is 13.2. The summed E-state index contributed by atoms with van der Waals surface area (Å²) in [4.78, 5) is 15.0. The Bertz CT molecular complexity index is 745. The third kappa shape index (κ3) is 3.34. The van der Waals surface area contributed by atoms with Gasteiger partial charge in [-0.25, -0.2) is 8.42 Å². The highest BCUT2D eigenvalue weighted by molar-refractivity contribution is 7.88. The van der Waals surface area contributed by atoms with E-state index in [4.69, 9.17) is 0 Å². The predicted octanol–water partition coefficient (Wildman–Crippen LogP) is 2.69. The van der Waals surface area contributed by atoms with Crippen LogP contribution in [0.5, 0.6) is 0 Å². The average Bonchev–Trinajstić information content (AvgIpc) is 3.00. The summed E-state index contributed by atoms with van der Waals surface area (Å²) in [5.74, 6) is -0.00545. The summed E-state index contributed by atoms with van der Waals surface area (Å²) < 4.78 is 27.9. The standard InChI is InChI=1S/C19H28N2O3S/c1-3-12-20-13-6-10-19(18(20)22)11-7-14-21(19)25(23,24)15-17-9-5-4-8-16(17)2/h4-5,8-9H,3,6-7,10-15H2,1-2H3. The fourth-order valence-electron chi connectivity index (χ4n) is 4.32. The van der Waals surface area contributed by atoms with Crippen molar-refractivity contribution >= 4 is 15.9 Å². The Labute approximate surface area is 151 Å². The van der Waals surface area contributed by atoms with Gasteiger partial charge in [0, 0.05) is 19.6 Å². The fourth-order valence-corrected chi connectivity index (χ4v) is 6.39. The van der Waals surface area contributed by atoms with E-state index in [1.807, 2.05) is 36.1 Å². The van der Waals surface area contributed by atoms with Gasteiger partial charge in [-0.05, 0) is 50.2 Å². The van der Waals surface area contributed by atoms with E-state index in [2.05, 4.69) is 6.92 Å². The Morgan fingerprint density at radius 2 is 1.80 bits per heavy atom. The summed E-state index contributed by atoms with van der Waals surface area (Å²) in [6.07, 6.45) is 3.84. The molecule has 5 nitrogen and oxygen atoms in total. The molecule has 2 aliphatic rings. The van der Waals surface area contributed by atoms with Gasteiger partial charge in [-0.1, -0.05) is 31.2 Å². The lowest BCUT2D eigenvalue weighted by Crippen LogP contribution is -2.61. The molecule has 0 aliphatic carbocycles. The van der Waals surface area contributed by atoms with E-state index in [0.29, 0.717) is 25.9 Å². The van der Waals surface area contributed by atoms with Crippen molar-refractivity contribution in [3.05, 3.63) is 35.4 Å². The third-order valence-electron chi connectivity index (χ3n) is 5.56. The molecule has 2 saturated heterocycles. The fraction of sp³-hybridized carbons (Fsp3) is 0.632. The number of rotatable bonds is 5. The van der Waals surface area contributed by atoms with Gasteiger partial charge in [0.15, 0.2) is 0 Å². The molecule has 0 saturated carbocycles. The molecule has 2 heterocycles. The second-order valence-electron chi connectivity index (χ2n) is 7.29. The maximum absolute atomic E-state index is 13.2. The first-order valence-electron chi connectivity index (χ1n) is 9.25. The number of likely N-dealkylation sites (tertiary alicyclic amines) is 1. The van der Waals surface area contributed by atoms with Crippen LogP contribution in [0.2, 0.25) is 0 Å². The molecule has 0 N–H and O–H groups in total. The summed E-state index contributed by atoms with van der Waals surface area (Å²) in [5.41, 5.74) is 0.953. The van der Waals surface area contributed by atoms with Gasteiger partial charge in [0.05, 0.1) is 5.75 Å². The summed E-state index contributed by atoms with van der Waals surface area (Å²) in [7, 11) is -3.53. The molecule has 3 rings (SSSR count). The van der Waals surface area contributed by atoms with Gasteiger partial charge >= 0.3 is 0 Å². The highest BCUT2D eigenvalue weighted by Crippen LogP contribution is 2.40. The van der Waals surface area contributed by atoms with E-state index >= 15 is 0 Å². The van der Waals surface area contributed by atoms with Gasteiger partial charge in [0.25, 0.3) is 0 Å². The molecular weight excluding hydrogens is 336 g/mol. The van der Waals surface area contributed by atoms with Crippen LogP contribution in [0.25, 0.3) is 0 Å². The largest absolute Gasteiger partial charge is 0.341 e. The lowest BCUT2D eigenvalue weighted by atomic mass is 9.86. The topological polar surface area (TPSA) is 57.7 Å². The zero-order chi connectivity index (χ0) is 18.1. The Balaban J connectivity index is 1.90. The van der Waals surface area contributed by atoms with Gasteiger partial charge in [-0.2, -0.15) is 4.31 Å². The Hall–Kier alpha value is -1.40. The van der Waals surface area contributed by atoms with Gasteiger partial charge in [0.2, 0.25) is 15.9 Å². The third-order valence-corrected chi connectivity index (χ3v) is 7.44. The van der Waals surface area contributed by atoms with Crippen LogP contribution in [0.4, 0.5) is 0 Å². The van der Waals surface area contributed by atoms with Gasteiger partial charge in [-0.3, -0.25) is 4.79 Å². The molecule has 0 radical (unpaired) electrons. The van der Waals surface area contributed by atoms with E-state index in [-0.39, 0.29) is 11.7 Å². The van der Waals surface area contributed by atoms with E-state index in [9.17, 15) is 13.2 Å². The quantitative estimate of drug-likeness (QED) is 0.807. The zero-order valence-electron chi connectivity index (χ0n) is 15.2. The lowest BCUT2D eigenvalue weighted by Gasteiger charge is -2.44. The first-order valence-corrected chi connectivity index (χ1v) is 10.9. The Morgan fingerprint density at radius 1 is 1.12 bits per heavy atom. The number of hydrogen-bond donors (Lipinski definition) is 0. The van der Waals surface area contributed by atoms with Crippen LogP contribution >= 0.6 is 0 Å². The highest BCUT2D eigenvalue weighted by atomic mass is 32.2. The molecule has 1 atom stereocenters. The normalized spacial score (nSPS) is 25.0. The summed E-state index contributed by atoms with van der Waals surface area (Å²) in [6, 6.07) is 7.57. The lowest BCUT2D eigenvalue weighted by molar-refractivity contribution is -0.144. The van der Waals surface area contributed by atoms with Crippen molar-refractivity contribution in [2.75, 3.05) is 19.6 Å². The molecular formula is C19H28N2O3S. The monoisotopic (exact) mass is 364 g/mol. The molecule has 1 aromatic rings. The van der Waals surface area contributed by atoms with Crippen molar-refractivity contribution in [1.29, 1.82) is 0 Å². The van der Waals surface area contributed by atoms with Crippen LogP contribution in [0.15, 0.2) is 24.3 Å².